The molecular formula is C23H22N4O2S. The van der Waals surface area contributed by atoms with Gasteiger partial charge in [-0.1, -0.05) is 42.1 Å². The number of hydrogen-bond donors (Lipinski definition) is 1. The van der Waals surface area contributed by atoms with Crippen LogP contribution in [0.5, 0.6) is 0 Å². The molecule has 152 valence electrons. The number of carbonyl (C=O) groups is 2. The molecule has 0 aliphatic rings. The Morgan fingerprint density at radius 2 is 1.83 bits per heavy atom. The maximum atomic E-state index is 12.3. The first-order chi connectivity index (χ1) is 14.4. The Morgan fingerprint density at radius 1 is 1.03 bits per heavy atom. The average Bonchev–Trinajstić information content (AvgIpc) is 3.11. The Kier molecular flexibility index (Phi) is 5.55. The Balaban J connectivity index is 1.49. The van der Waals surface area contributed by atoms with Gasteiger partial charge in [0.25, 0.3) is 0 Å². The third-order valence-corrected chi connectivity index (χ3v) is 5.93. The van der Waals surface area contributed by atoms with E-state index in [-0.39, 0.29) is 11.7 Å². The van der Waals surface area contributed by atoms with Crippen LogP contribution < -0.4 is 5.32 Å². The molecule has 0 radical (unpaired) electrons. The summed E-state index contributed by atoms with van der Waals surface area (Å²) >= 11 is 1.51. The number of thioether (sulfide) groups is 1. The summed E-state index contributed by atoms with van der Waals surface area (Å²) in [6, 6.07) is 15.2. The van der Waals surface area contributed by atoms with Crippen LogP contribution in [0.1, 0.15) is 34.8 Å². The zero-order valence-electron chi connectivity index (χ0n) is 17.1. The van der Waals surface area contributed by atoms with Crippen LogP contribution in [0.4, 0.5) is 5.69 Å². The standard InChI is InChI=1S/C23H22N4O2S/c1-14-6-4-9-19-15(2)12-20-25-26-23(27(20)22(14)19)30-11-10-21(29)24-18-8-5-7-17(13-18)16(3)28/h4-9,12-13H,10-11H2,1-3H3,(H,24,29). The van der Waals surface area contributed by atoms with E-state index in [0.717, 1.165) is 27.4 Å². The molecule has 30 heavy (non-hydrogen) atoms. The van der Waals surface area contributed by atoms with E-state index >= 15 is 0 Å². The van der Waals surface area contributed by atoms with Gasteiger partial charge in [-0.15, -0.1) is 10.2 Å². The largest absolute Gasteiger partial charge is 0.326 e. The number of anilines is 1. The SMILES string of the molecule is CC(=O)c1cccc(NC(=O)CCSc2nnc3cc(C)c4cccc(C)c4n23)c1. The van der Waals surface area contributed by atoms with Gasteiger partial charge in [0.15, 0.2) is 16.6 Å². The number of aromatic nitrogens is 3. The van der Waals surface area contributed by atoms with Crippen molar-refractivity contribution in [3.63, 3.8) is 0 Å². The third-order valence-electron chi connectivity index (χ3n) is 5.00. The van der Waals surface area contributed by atoms with Crippen molar-refractivity contribution in [2.45, 2.75) is 32.3 Å². The maximum absolute atomic E-state index is 12.3. The summed E-state index contributed by atoms with van der Waals surface area (Å²) in [7, 11) is 0. The molecule has 0 bridgehead atoms. The van der Waals surface area contributed by atoms with Gasteiger partial charge in [0.1, 0.15) is 0 Å². The van der Waals surface area contributed by atoms with E-state index in [1.54, 1.807) is 24.3 Å². The number of pyridine rings is 1. The maximum Gasteiger partial charge on any atom is 0.225 e. The Hall–Kier alpha value is -3.19. The number of rotatable bonds is 6. The minimum Gasteiger partial charge on any atom is -0.326 e. The van der Waals surface area contributed by atoms with Gasteiger partial charge in [-0.3, -0.25) is 14.0 Å². The lowest BCUT2D eigenvalue weighted by Crippen LogP contribution is -2.12. The van der Waals surface area contributed by atoms with E-state index in [4.69, 9.17) is 0 Å². The summed E-state index contributed by atoms with van der Waals surface area (Å²) < 4.78 is 2.07. The molecule has 1 amide bonds. The summed E-state index contributed by atoms with van der Waals surface area (Å²) in [5.74, 6) is 0.437. The summed E-state index contributed by atoms with van der Waals surface area (Å²) in [5.41, 5.74) is 5.44. The highest BCUT2D eigenvalue weighted by atomic mass is 32.2. The van der Waals surface area contributed by atoms with Gasteiger partial charge in [0, 0.05) is 28.8 Å². The van der Waals surface area contributed by atoms with Crippen molar-refractivity contribution < 1.29 is 9.59 Å². The number of para-hydroxylation sites is 1. The Morgan fingerprint density at radius 3 is 2.63 bits per heavy atom. The van der Waals surface area contributed by atoms with E-state index < -0.39 is 0 Å². The minimum absolute atomic E-state index is 0.0295. The van der Waals surface area contributed by atoms with Crippen molar-refractivity contribution >= 4 is 45.7 Å². The number of fused-ring (bicyclic) bond motifs is 3. The van der Waals surface area contributed by atoms with Crippen LogP contribution in [-0.4, -0.2) is 32.0 Å². The first kappa shape index (κ1) is 20.1. The number of benzene rings is 2. The summed E-state index contributed by atoms with van der Waals surface area (Å²) in [6.07, 6.45) is 0.326. The minimum atomic E-state index is -0.103. The summed E-state index contributed by atoms with van der Waals surface area (Å²) in [6.45, 7) is 5.67. The second-order valence-corrected chi connectivity index (χ2v) is 8.32. The lowest BCUT2D eigenvalue weighted by atomic mass is 10.1. The number of amides is 1. The molecule has 1 N–H and O–H groups in total. The quantitative estimate of drug-likeness (QED) is 0.359. The van der Waals surface area contributed by atoms with Gasteiger partial charge in [-0.25, -0.2) is 0 Å². The molecule has 0 unspecified atom stereocenters. The van der Waals surface area contributed by atoms with Gasteiger partial charge in [-0.2, -0.15) is 0 Å². The molecule has 2 aromatic heterocycles. The molecule has 0 fully saturated rings. The number of Topliss-reactive ketones (excluding diaryl/α,β-unsaturated/α-hetero) is 1. The second-order valence-electron chi connectivity index (χ2n) is 7.26. The van der Waals surface area contributed by atoms with Gasteiger partial charge in [0.2, 0.25) is 5.91 Å². The topological polar surface area (TPSA) is 76.4 Å². The molecule has 0 saturated heterocycles. The summed E-state index contributed by atoms with van der Waals surface area (Å²) in [5, 5.41) is 13.5. The monoisotopic (exact) mass is 418 g/mol. The molecule has 0 spiro atoms. The molecule has 6 nitrogen and oxygen atoms in total. The molecule has 0 saturated carbocycles. The van der Waals surface area contributed by atoms with Crippen molar-refractivity contribution in [1.29, 1.82) is 0 Å². The van der Waals surface area contributed by atoms with Crippen LogP contribution in [0.2, 0.25) is 0 Å². The van der Waals surface area contributed by atoms with Crippen molar-refractivity contribution in [2.24, 2.45) is 0 Å². The van der Waals surface area contributed by atoms with Crippen LogP contribution in [0.25, 0.3) is 16.6 Å². The number of aryl methyl sites for hydroxylation is 2. The average molecular weight is 419 g/mol. The van der Waals surface area contributed by atoms with Gasteiger partial charge >= 0.3 is 0 Å². The highest BCUT2D eigenvalue weighted by Crippen LogP contribution is 2.28. The summed E-state index contributed by atoms with van der Waals surface area (Å²) in [4.78, 5) is 23.8. The van der Waals surface area contributed by atoms with E-state index in [1.165, 1.54) is 24.1 Å². The highest BCUT2D eigenvalue weighted by Gasteiger charge is 2.14. The van der Waals surface area contributed by atoms with Crippen molar-refractivity contribution in [3.05, 3.63) is 65.2 Å². The molecular weight excluding hydrogens is 396 g/mol. The Labute approximate surface area is 178 Å². The first-order valence-electron chi connectivity index (χ1n) is 9.72. The molecule has 2 heterocycles. The highest BCUT2D eigenvalue weighted by molar-refractivity contribution is 7.99. The van der Waals surface area contributed by atoms with Crippen LogP contribution in [-0.2, 0) is 4.79 Å². The van der Waals surface area contributed by atoms with Gasteiger partial charge in [-0.05, 0) is 50.1 Å². The molecule has 0 atom stereocenters. The van der Waals surface area contributed by atoms with E-state index in [0.29, 0.717) is 23.4 Å². The molecule has 0 aliphatic carbocycles. The number of carbonyl (C=O) groups excluding carboxylic acids is 2. The van der Waals surface area contributed by atoms with Crippen LogP contribution in [0.15, 0.2) is 53.7 Å². The smallest absolute Gasteiger partial charge is 0.225 e. The molecule has 0 aliphatic heterocycles. The van der Waals surface area contributed by atoms with Crippen LogP contribution in [0.3, 0.4) is 0 Å². The van der Waals surface area contributed by atoms with Crippen LogP contribution >= 0.6 is 11.8 Å². The molecule has 4 aromatic rings. The number of nitrogens with one attached hydrogen (secondary N) is 1. The third kappa shape index (κ3) is 3.93. The van der Waals surface area contributed by atoms with Gasteiger partial charge < -0.3 is 5.32 Å². The second kappa shape index (κ2) is 8.28. The lowest BCUT2D eigenvalue weighted by Gasteiger charge is -2.10. The van der Waals surface area contributed by atoms with Crippen molar-refractivity contribution in [3.8, 4) is 0 Å². The zero-order valence-corrected chi connectivity index (χ0v) is 17.9. The molecule has 4 rings (SSSR count). The fourth-order valence-corrected chi connectivity index (χ4v) is 4.38. The molecule has 2 aromatic carbocycles. The van der Waals surface area contributed by atoms with Crippen molar-refractivity contribution in [1.82, 2.24) is 14.6 Å². The van der Waals surface area contributed by atoms with E-state index in [9.17, 15) is 9.59 Å². The first-order valence-corrected chi connectivity index (χ1v) is 10.7. The van der Waals surface area contributed by atoms with Gasteiger partial charge in [0.05, 0.1) is 5.52 Å². The number of nitrogens with zero attached hydrogens (tertiary/aromatic N) is 3. The van der Waals surface area contributed by atoms with E-state index in [2.05, 4.69) is 52.0 Å². The number of ketones is 1. The molecule has 7 heteroatoms. The zero-order chi connectivity index (χ0) is 21.3. The predicted octanol–water partition coefficient (Wildman–Crippen LogP) is 4.82. The number of hydrogen-bond acceptors (Lipinski definition) is 5. The van der Waals surface area contributed by atoms with Crippen LogP contribution in [0, 0.1) is 13.8 Å². The predicted molar refractivity (Wildman–Crippen MR) is 120 cm³/mol. The normalized spacial score (nSPS) is 11.2. The fraction of sp³-hybridized carbons (Fsp3) is 0.217. The lowest BCUT2D eigenvalue weighted by molar-refractivity contribution is -0.115. The van der Waals surface area contributed by atoms with E-state index in [1.807, 2.05) is 6.07 Å². The van der Waals surface area contributed by atoms with Crippen molar-refractivity contribution in [2.75, 3.05) is 11.1 Å². The Bertz CT molecular complexity index is 1280. The fourth-order valence-electron chi connectivity index (χ4n) is 3.50.